The van der Waals surface area contributed by atoms with Gasteiger partial charge in [0.25, 0.3) is 0 Å². The van der Waals surface area contributed by atoms with Crippen molar-refractivity contribution in [3.63, 3.8) is 0 Å². The molecule has 0 spiro atoms. The number of anilines is 1. The van der Waals surface area contributed by atoms with Crippen molar-refractivity contribution in [2.45, 2.75) is 19.4 Å². The minimum atomic E-state index is 0.201. The Morgan fingerprint density at radius 2 is 2.29 bits per heavy atom. The van der Waals surface area contributed by atoms with Crippen molar-refractivity contribution in [2.24, 2.45) is 5.73 Å². The predicted octanol–water partition coefficient (Wildman–Crippen LogP) is 1.74. The number of hydrogen-bond acceptors (Lipinski definition) is 6. The number of H-pyrrole nitrogens is 1. The summed E-state index contributed by atoms with van der Waals surface area (Å²) in [4.78, 5) is 11.5. The molecule has 7 heteroatoms. The molecule has 120 valence electrons. The molecule has 1 unspecified atom stereocenters. The van der Waals surface area contributed by atoms with Gasteiger partial charge in [0.2, 0.25) is 0 Å². The molecule has 0 saturated carbocycles. The molecule has 4 rings (SSSR count). The van der Waals surface area contributed by atoms with Crippen LogP contribution in [0.4, 0.5) is 5.82 Å². The van der Waals surface area contributed by atoms with Crippen LogP contribution in [0.15, 0.2) is 24.4 Å². The summed E-state index contributed by atoms with van der Waals surface area (Å²) in [5.74, 6) is 0.883. The van der Waals surface area contributed by atoms with E-state index in [1.165, 1.54) is 0 Å². The summed E-state index contributed by atoms with van der Waals surface area (Å²) in [5.41, 5.74) is 9.54. The number of hydrogen-bond donors (Lipinski definition) is 2. The Bertz CT molecular complexity index is 953. The molecular weight excluding hydrogens is 302 g/mol. The Kier molecular flexibility index (Phi) is 3.40. The second-order valence-corrected chi connectivity index (χ2v) is 6.07. The first-order valence-corrected chi connectivity index (χ1v) is 7.89. The monoisotopic (exact) mass is 319 g/mol. The summed E-state index contributed by atoms with van der Waals surface area (Å²) in [6, 6.07) is 7.89. The minimum absolute atomic E-state index is 0.201. The van der Waals surface area contributed by atoms with Crippen LogP contribution in [0.1, 0.15) is 17.7 Å². The van der Waals surface area contributed by atoms with Gasteiger partial charge in [0.1, 0.15) is 23.1 Å². The van der Waals surface area contributed by atoms with Crippen molar-refractivity contribution in [3.8, 4) is 17.5 Å². The average Bonchev–Trinajstić information content (AvgIpc) is 3.20. The molecule has 1 atom stereocenters. The molecule has 2 aromatic heterocycles. The fraction of sp³-hybridized carbons (Fsp3) is 0.294. The van der Waals surface area contributed by atoms with E-state index in [2.05, 4.69) is 26.2 Å². The predicted molar refractivity (Wildman–Crippen MR) is 91.4 cm³/mol. The van der Waals surface area contributed by atoms with Gasteiger partial charge in [-0.1, -0.05) is 12.1 Å². The molecule has 1 saturated heterocycles. The van der Waals surface area contributed by atoms with Crippen LogP contribution in [0, 0.1) is 18.3 Å². The van der Waals surface area contributed by atoms with Gasteiger partial charge < -0.3 is 10.6 Å². The second kappa shape index (κ2) is 5.58. The van der Waals surface area contributed by atoms with E-state index in [0.29, 0.717) is 11.1 Å². The number of aryl methyl sites for hydroxylation is 1. The van der Waals surface area contributed by atoms with Crippen molar-refractivity contribution in [1.82, 2.24) is 20.2 Å². The first-order valence-electron chi connectivity index (χ1n) is 7.89. The summed E-state index contributed by atoms with van der Waals surface area (Å²) < 4.78 is 0. The van der Waals surface area contributed by atoms with Gasteiger partial charge in [0.15, 0.2) is 0 Å². The van der Waals surface area contributed by atoms with Gasteiger partial charge >= 0.3 is 0 Å². The summed E-state index contributed by atoms with van der Waals surface area (Å²) in [7, 11) is 0. The topological polar surface area (TPSA) is 108 Å². The number of aromatic amines is 1. The molecule has 1 aliphatic rings. The summed E-state index contributed by atoms with van der Waals surface area (Å²) in [6.07, 6.45) is 2.73. The number of nitrogens with zero attached hydrogens (tertiary/aromatic N) is 5. The van der Waals surface area contributed by atoms with Crippen LogP contribution in [0.3, 0.4) is 0 Å². The van der Waals surface area contributed by atoms with Crippen LogP contribution in [0.2, 0.25) is 0 Å². The third-order valence-corrected chi connectivity index (χ3v) is 4.41. The van der Waals surface area contributed by atoms with Crippen LogP contribution >= 0.6 is 0 Å². The summed E-state index contributed by atoms with van der Waals surface area (Å²) in [5, 5.41) is 17.3. The Morgan fingerprint density at radius 1 is 1.42 bits per heavy atom. The second-order valence-electron chi connectivity index (χ2n) is 6.07. The van der Waals surface area contributed by atoms with Crippen LogP contribution in [0.5, 0.6) is 0 Å². The Morgan fingerprint density at radius 3 is 3.00 bits per heavy atom. The number of nitrogens with one attached hydrogen (secondary N) is 1. The van der Waals surface area contributed by atoms with E-state index in [-0.39, 0.29) is 6.04 Å². The van der Waals surface area contributed by atoms with E-state index >= 15 is 0 Å². The largest absolute Gasteiger partial charge is 0.354 e. The normalized spacial score (nSPS) is 17.4. The zero-order valence-electron chi connectivity index (χ0n) is 13.3. The highest BCUT2D eigenvalue weighted by atomic mass is 15.2. The SMILES string of the molecule is Cc1nc(-c2[nH]nc3c(C#N)cccc23)cnc1N1CCC(N)C1. The van der Waals surface area contributed by atoms with Crippen molar-refractivity contribution in [1.29, 1.82) is 5.26 Å². The molecule has 1 fully saturated rings. The highest BCUT2D eigenvalue weighted by Gasteiger charge is 2.22. The van der Waals surface area contributed by atoms with Gasteiger partial charge in [-0.3, -0.25) is 5.10 Å². The van der Waals surface area contributed by atoms with Crippen LogP contribution < -0.4 is 10.6 Å². The number of nitrogens with two attached hydrogens (primary N) is 1. The molecule has 0 amide bonds. The van der Waals surface area contributed by atoms with Gasteiger partial charge in [0, 0.05) is 24.5 Å². The molecule has 0 bridgehead atoms. The van der Waals surface area contributed by atoms with Gasteiger partial charge in [-0.05, 0) is 19.4 Å². The van der Waals surface area contributed by atoms with E-state index in [1.54, 1.807) is 12.3 Å². The number of para-hydroxylation sites is 1. The number of benzene rings is 1. The van der Waals surface area contributed by atoms with E-state index in [1.807, 2.05) is 19.1 Å². The third kappa shape index (κ3) is 2.28. The fourth-order valence-corrected chi connectivity index (χ4v) is 3.21. The average molecular weight is 319 g/mol. The number of nitriles is 1. The maximum Gasteiger partial charge on any atom is 0.150 e. The van der Waals surface area contributed by atoms with E-state index < -0.39 is 0 Å². The highest BCUT2D eigenvalue weighted by molar-refractivity contribution is 5.94. The smallest absolute Gasteiger partial charge is 0.150 e. The molecule has 3 heterocycles. The molecule has 0 aliphatic carbocycles. The first kappa shape index (κ1) is 14.6. The van der Waals surface area contributed by atoms with Crippen LogP contribution in [0.25, 0.3) is 22.3 Å². The van der Waals surface area contributed by atoms with Gasteiger partial charge in [0.05, 0.1) is 23.1 Å². The summed E-state index contributed by atoms with van der Waals surface area (Å²) in [6.45, 7) is 3.68. The molecule has 24 heavy (non-hydrogen) atoms. The van der Waals surface area contributed by atoms with Crippen molar-refractivity contribution in [3.05, 3.63) is 35.7 Å². The zero-order valence-corrected chi connectivity index (χ0v) is 13.3. The molecule has 1 aromatic carbocycles. The fourth-order valence-electron chi connectivity index (χ4n) is 3.21. The van der Waals surface area contributed by atoms with Crippen molar-refractivity contribution >= 4 is 16.7 Å². The van der Waals surface area contributed by atoms with E-state index in [9.17, 15) is 5.26 Å². The summed E-state index contributed by atoms with van der Waals surface area (Å²) >= 11 is 0. The molecule has 1 aliphatic heterocycles. The van der Waals surface area contributed by atoms with Gasteiger partial charge in [-0.25, -0.2) is 9.97 Å². The Labute approximate surface area is 139 Å². The Hall–Kier alpha value is -2.98. The molecule has 0 radical (unpaired) electrons. The number of rotatable bonds is 2. The lowest BCUT2D eigenvalue weighted by atomic mass is 10.1. The van der Waals surface area contributed by atoms with Crippen molar-refractivity contribution < 1.29 is 0 Å². The highest BCUT2D eigenvalue weighted by Crippen LogP contribution is 2.28. The number of aromatic nitrogens is 4. The molecule has 3 aromatic rings. The lowest BCUT2D eigenvalue weighted by Crippen LogP contribution is -2.27. The number of fused-ring (bicyclic) bond motifs is 1. The van der Waals surface area contributed by atoms with Gasteiger partial charge in [-0.2, -0.15) is 10.4 Å². The van der Waals surface area contributed by atoms with E-state index in [0.717, 1.165) is 47.8 Å². The molecular formula is C17H17N7. The lowest BCUT2D eigenvalue weighted by molar-refractivity contribution is 0.751. The standard InChI is InChI=1S/C17H17N7/c1-10-17(24-6-5-12(19)9-24)20-8-14(21-10)16-13-4-2-3-11(7-18)15(13)22-23-16/h2-4,8,12H,5-6,9,19H2,1H3,(H,22,23). The first-order chi connectivity index (χ1) is 11.7. The van der Waals surface area contributed by atoms with Crippen LogP contribution in [-0.4, -0.2) is 39.3 Å². The Balaban J connectivity index is 1.76. The third-order valence-electron chi connectivity index (χ3n) is 4.41. The van der Waals surface area contributed by atoms with Gasteiger partial charge in [-0.15, -0.1) is 0 Å². The van der Waals surface area contributed by atoms with Crippen molar-refractivity contribution in [2.75, 3.05) is 18.0 Å². The maximum atomic E-state index is 9.19. The van der Waals surface area contributed by atoms with E-state index in [4.69, 9.17) is 10.7 Å². The zero-order chi connectivity index (χ0) is 16.7. The molecule has 7 nitrogen and oxygen atoms in total. The quantitative estimate of drug-likeness (QED) is 0.745. The van der Waals surface area contributed by atoms with Crippen LogP contribution in [-0.2, 0) is 0 Å². The lowest BCUT2D eigenvalue weighted by Gasteiger charge is -2.18. The maximum absolute atomic E-state index is 9.19. The minimum Gasteiger partial charge on any atom is -0.354 e. The molecule has 3 N–H and O–H groups in total.